The van der Waals surface area contributed by atoms with E-state index in [0.29, 0.717) is 6.61 Å². The average Bonchev–Trinajstić information content (AvgIpc) is 2.19. The molecule has 1 rings (SSSR count). The third kappa shape index (κ3) is 4.53. The molecule has 0 bridgehead atoms. The zero-order chi connectivity index (χ0) is 12.0. The number of nitrogens with two attached hydrogens (primary N) is 1. The lowest BCUT2D eigenvalue weighted by molar-refractivity contribution is 0.341. The van der Waals surface area contributed by atoms with Gasteiger partial charge in [0.15, 0.2) is 0 Å². The zero-order valence-corrected chi connectivity index (χ0v) is 10.4. The normalized spacial score (nSPS) is 11.2. The van der Waals surface area contributed by atoms with Crippen molar-refractivity contribution in [2.75, 3.05) is 18.5 Å². The van der Waals surface area contributed by atoms with Crippen LogP contribution in [0.4, 0.5) is 5.69 Å². The van der Waals surface area contributed by atoms with Crippen LogP contribution in [0.1, 0.15) is 27.2 Å². The lowest BCUT2D eigenvalue weighted by Crippen LogP contribution is -2.34. The number of hydrogen-bond acceptors (Lipinski definition) is 3. The molecule has 90 valence electrons. The van der Waals surface area contributed by atoms with Gasteiger partial charge < -0.3 is 15.8 Å². The van der Waals surface area contributed by atoms with Crippen molar-refractivity contribution >= 4 is 5.69 Å². The molecular formula is C13H22N2O. The number of anilines is 1. The highest BCUT2D eigenvalue weighted by atomic mass is 16.5. The molecule has 0 saturated carbocycles. The van der Waals surface area contributed by atoms with E-state index in [2.05, 4.69) is 5.32 Å². The van der Waals surface area contributed by atoms with Crippen LogP contribution in [0.2, 0.25) is 0 Å². The molecule has 1 aromatic carbocycles. The Bertz CT molecular complexity index is 318. The van der Waals surface area contributed by atoms with E-state index in [1.54, 1.807) is 0 Å². The molecule has 0 unspecified atom stereocenters. The number of rotatable bonds is 6. The summed E-state index contributed by atoms with van der Waals surface area (Å²) >= 11 is 0. The molecule has 16 heavy (non-hydrogen) atoms. The first kappa shape index (κ1) is 12.8. The van der Waals surface area contributed by atoms with Crippen LogP contribution < -0.4 is 15.8 Å². The molecule has 3 nitrogen and oxygen atoms in total. The Balaban J connectivity index is 2.52. The minimum Gasteiger partial charge on any atom is -0.492 e. The standard InChI is InChI=1S/C13H22N2O/c1-4-16-12-8-6-5-7-11(12)15-10-9-13(2,3)14/h5-8,15H,4,9-10,14H2,1-3H3. The summed E-state index contributed by atoms with van der Waals surface area (Å²) in [7, 11) is 0. The predicted octanol–water partition coefficient (Wildman–Crippen LogP) is 2.62. The van der Waals surface area contributed by atoms with Gasteiger partial charge in [0.25, 0.3) is 0 Å². The van der Waals surface area contributed by atoms with E-state index < -0.39 is 0 Å². The fraction of sp³-hybridized carbons (Fsp3) is 0.538. The van der Waals surface area contributed by atoms with Crippen LogP contribution in [0.3, 0.4) is 0 Å². The van der Waals surface area contributed by atoms with Crippen LogP contribution in [-0.4, -0.2) is 18.7 Å². The highest BCUT2D eigenvalue weighted by Crippen LogP contribution is 2.23. The van der Waals surface area contributed by atoms with Crippen molar-refractivity contribution in [3.63, 3.8) is 0 Å². The van der Waals surface area contributed by atoms with E-state index in [9.17, 15) is 0 Å². The summed E-state index contributed by atoms with van der Waals surface area (Å²) in [5.74, 6) is 0.903. The van der Waals surface area contributed by atoms with Crippen LogP contribution in [0.15, 0.2) is 24.3 Å². The Hall–Kier alpha value is -1.22. The summed E-state index contributed by atoms with van der Waals surface area (Å²) in [5.41, 5.74) is 6.83. The molecule has 0 atom stereocenters. The fourth-order valence-corrected chi connectivity index (χ4v) is 1.41. The molecule has 0 spiro atoms. The smallest absolute Gasteiger partial charge is 0.142 e. The van der Waals surface area contributed by atoms with Gasteiger partial charge in [-0.3, -0.25) is 0 Å². The van der Waals surface area contributed by atoms with Crippen molar-refractivity contribution in [2.24, 2.45) is 5.73 Å². The van der Waals surface area contributed by atoms with E-state index in [1.807, 2.05) is 45.0 Å². The lowest BCUT2D eigenvalue weighted by atomic mass is 10.0. The Morgan fingerprint density at radius 3 is 2.62 bits per heavy atom. The third-order valence-corrected chi connectivity index (χ3v) is 2.27. The van der Waals surface area contributed by atoms with Gasteiger partial charge in [-0.15, -0.1) is 0 Å². The molecule has 0 aliphatic rings. The lowest BCUT2D eigenvalue weighted by Gasteiger charge is -2.19. The fourth-order valence-electron chi connectivity index (χ4n) is 1.41. The van der Waals surface area contributed by atoms with Gasteiger partial charge >= 0.3 is 0 Å². The molecule has 3 heteroatoms. The first-order valence-electron chi connectivity index (χ1n) is 5.77. The number of para-hydroxylation sites is 2. The first-order valence-corrected chi connectivity index (χ1v) is 5.77. The summed E-state index contributed by atoms with van der Waals surface area (Å²) in [4.78, 5) is 0. The predicted molar refractivity (Wildman–Crippen MR) is 69.0 cm³/mol. The Morgan fingerprint density at radius 2 is 2.00 bits per heavy atom. The van der Waals surface area contributed by atoms with Gasteiger partial charge in [0.05, 0.1) is 12.3 Å². The van der Waals surface area contributed by atoms with Crippen molar-refractivity contribution in [2.45, 2.75) is 32.7 Å². The van der Waals surface area contributed by atoms with Crippen molar-refractivity contribution < 1.29 is 4.74 Å². The Labute approximate surface area is 98.0 Å². The molecule has 1 aromatic rings. The van der Waals surface area contributed by atoms with E-state index >= 15 is 0 Å². The maximum absolute atomic E-state index is 5.93. The summed E-state index contributed by atoms with van der Waals surface area (Å²) in [5, 5.41) is 3.35. The van der Waals surface area contributed by atoms with Crippen LogP contribution in [0, 0.1) is 0 Å². The monoisotopic (exact) mass is 222 g/mol. The topological polar surface area (TPSA) is 47.3 Å². The van der Waals surface area contributed by atoms with Gasteiger partial charge in [-0.05, 0) is 39.3 Å². The number of benzene rings is 1. The summed E-state index contributed by atoms with van der Waals surface area (Å²) in [6.07, 6.45) is 0.924. The van der Waals surface area contributed by atoms with Crippen molar-refractivity contribution in [3.05, 3.63) is 24.3 Å². The largest absolute Gasteiger partial charge is 0.492 e. The van der Waals surface area contributed by atoms with Crippen molar-refractivity contribution in [1.29, 1.82) is 0 Å². The van der Waals surface area contributed by atoms with Gasteiger partial charge in [0.2, 0.25) is 0 Å². The molecule has 0 heterocycles. The quantitative estimate of drug-likeness (QED) is 0.778. The van der Waals surface area contributed by atoms with E-state index in [0.717, 1.165) is 24.4 Å². The highest BCUT2D eigenvalue weighted by molar-refractivity contribution is 5.56. The van der Waals surface area contributed by atoms with Gasteiger partial charge in [-0.2, -0.15) is 0 Å². The summed E-state index contributed by atoms with van der Waals surface area (Å²) < 4.78 is 5.53. The van der Waals surface area contributed by atoms with E-state index in [-0.39, 0.29) is 5.54 Å². The Kier molecular flexibility index (Phi) is 4.62. The molecular weight excluding hydrogens is 200 g/mol. The maximum Gasteiger partial charge on any atom is 0.142 e. The van der Waals surface area contributed by atoms with Crippen LogP contribution in [-0.2, 0) is 0 Å². The van der Waals surface area contributed by atoms with Crippen LogP contribution in [0.25, 0.3) is 0 Å². The molecule has 0 aliphatic heterocycles. The van der Waals surface area contributed by atoms with Gasteiger partial charge in [0.1, 0.15) is 5.75 Å². The second-order valence-electron chi connectivity index (χ2n) is 4.59. The summed E-state index contributed by atoms with van der Waals surface area (Å²) in [6, 6.07) is 7.97. The van der Waals surface area contributed by atoms with Crippen molar-refractivity contribution in [3.8, 4) is 5.75 Å². The number of hydrogen-bond donors (Lipinski definition) is 2. The SMILES string of the molecule is CCOc1ccccc1NCCC(C)(C)N. The minimum atomic E-state index is -0.131. The number of nitrogens with one attached hydrogen (secondary N) is 1. The Morgan fingerprint density at radius 1 is 1.31 bits per heavy atom. The van der Waals surface area contributed by atoms with Gasteiger partial charge in [-0.25, -0.2) is 0 Å². The molecule has 0 radical (unpaired) electrons. The first-order chi connectivity index (χ1) is 7.53. The molecule has 0 aromatic heterocycles. The van der Waals surface area contributed by atoms with Gasteiger partial charge in [0, 0.05) is 12.1 Å². The van der Waals surface area contributed by atoms with Crippen LogP contribution in [0.5, 0.6) is 5.75 Å². The molecule has 3 N–H and O–H groups in total. The second-order valence-corrected chi connectivity index (χ2v) is 4.59. The minimum absolute atomic E-state index is 0.131. The molecule has 0 amide bonds. The van der Waals surface area contributed by atoms with E-state index in [4.69, 9.17) is 10.5 Å². The highest BCUT2D eigenvalue weighted by Gasteiger charge is 2.10. The van der Waals surface area contributed by atoms with Gasteiger partial charge in [-0.1, -0.05) is 12.1 Å². The molecule has 0 aliphatic carbocycles. The zero-order valence-electron chi connectivity index (χ0n) is 10.4. The summed E-state index contributed by atoms with van der Waals surface area (Å²) in [6.45, 7) is 7.58. The molecule has 0 fully saturated rings. The average molecular weight is 222 g/mol. The maximum atomic E-state index is 5.93. The van der Waals surface area contributed by atoms with Crippen molar-refractivity contribution in [1.82, 2.24) is 0 Å². The van der Waals surface area contributed by atoms with E-state index in [1.165, 1.54) is 0 Å². The second kappa shape index (κ2) is 5.75. The van der Waals surface area contributed by atoms with Crippen LogP contribution >= 0.6 is 0 Å². The molecule has 0 saturated heterocycles. The number of ether oxygens (including phenoxy) is 1. The third-order valence-electron chi connectivity index (χ3n) is 2.27.